The fourth-order valence-electron chi connectivity index (χ4n) is 4.01. The van der Waals surface area contributed by atoms with Gasteiger partial charge >= 0.3 is 0 Å². The van der Waals surface area contributed by atoms with Crippen molar-refractivity contribution in [3.05, 3.63) is 48.0 Å². The van der Waals surface area contributed by atoms with Crippen LogP contribution in [0.15, 0.2) is 42.5 Å². The monoisotopic (exact) mass is 417 g/mol. The number of halogens is 1. The number of nitrogens with zero attached hydrogens (tertiary/aromatic N) is 2. The molecule has 0 spiro atoms. The van der Waals surface area contributed by atoms with Crippen molar-refractivity contribution in [2.45, 2.75) is 26.7 Å². The summed E-state index contributed by atoms with van der Waals surface area (Å²) in [6.07, 6.45) is 1.42. The van der Waals surface area contributed by atoms with Crippen LogP contribution < -0.4 is 5.73 Å². The van der Waals surface area contributed by atoms with Crippen LogP contribution in [0.25, 0.3) is 10.8 Å². The maximum absolute atomic E-state index is 13.1. The van der Waals surface area contributed by atoms with E-state index in [1.807, 2.05) is 54.4 Å². The number of carbonyl (C=O) groups is 2. The Hall–Kier alpha value is -2.11. The number of rotatable bonds is 5. The number of amides is 2. The molecule has 0 radical (unpaired) electrons. The number of hydrogen-bond donors (Lipinski definition) is 1. The summed E-state index contributed by atoms with van der Waals surface area (Å²) >= 11 is 0. The van der Waals surface area contributed by atoms with Crippen molar-refractivity contribution < 1.29 is 9.59 Å². The zero-order valence-electron chi connectivity index (χ0n) is 17.6. The van der Waals surface area contributed by atoms with Crippen molar-refractivity contribution in [2.24, 2.45) is 17.1 Å². The molecule has 0 atom stereocenters. The van der Waals surface area contributed by atoms with E-state index in [2.05, 4.69) is 13.8 Å². The van der Waals surface area contributed by atoms with Crippen LogP contribution in [0.5, 0.6) is 0 Å². The van der Waals surface area contributed by atoms with Gasteiger partial charge in [0.25, 0.3) is 5.91 Å². The van der Waals surface area contributed by atoms with E-state index in [0.29, 0.717) is 39.0 Å². The second-order valence-electron chi connectivity index (χ2n) is 8.66. The topological polar surface area (TPSA) is 66.6 Å². The highest BCUT2D eigenvalue weighted by atomic mass is 35.5. The van der Waals surface area contributed by atoms with Crippen LogP contribution in [0, 0.1) is 11.3 Å². The highest BCUT2D eigenvalue weighted by molar-refractivity contribution is 6.07. The molecule has 0 bridgehead atoms. The second-order valence-corrected chi connectivity index (χ2v) is 8.66. The van der Waals surface area contributed by atoms with Crippen molar-refractivity contribution in [1.82, 2.24) is 9.80 Å². The van der Waals surface area contributed by atoms with Gasteiger partial charge in [0.05, 0.1) is 0 Å². The molecule has 29 heavy (non-hydrogen) atoms. The first-order valence-electron chi connectivity index (χ1n) is 10.0. The summed E-state index contributed by atoms with van der Waals surface area (Å²) in [6.45, 7) is 6.57. The third-order valence-electron chi connectivity index (χ3n) is 5.75. The van der Waals surface area contributed by atoms with E-state index in [0.717, 1.165) is 16.3 Å². The van der Waals surface area contributed by atoms with Gasteiger partial charge in [-0.15, -0.1) is 12.4 Å². The molecule has 2 aromatic rings. The van der Waals surface area contributed by atoms with Gasteiger partial charge in [0.15, 0.2) is 0 Å². The Morgan fingerprint density at radius 2 is 1.72 bits per heavy atom. The lowest BCUT2D eigenvalue weighted by molar-refractivity contribution is -0.136. The van der Waals surface area contributed by atoms with Gasteiger partial charge < -0.3 is 15.5 Å². The number of nitrogens with two attached hydrogens (primary N) is 1. The predicted octanol–water partition coefficient (Wildman–Crippen LogP) is 3.56. The summed E-state index contributed by atoms with van der Waals surface area (Å²) in [5.74, 6) is 0.203. The molecule has 158 valence electrons. The minimum absolute atomic E-state index is 0. The summed E-state index contributed by atoms with van der Waals surface area (Å²) in [5.41, 5.74) is 6.45. The number of benzene rings is 2. The first kappa shape index (κ1) is 23.2. The zero-order valence-corrected chi connectivity index (χ0v) is 18.4. The minimum Gasteiger partial charge on any atom is -0.345 e. The first-order chi connectivity index (χ1) is 13.3. The van der Waals surface area contributed by atoms with Crippen LogP contribution in [0.1, 0.15) is 37.0 Å². The quantitative estimate of drug-likeness (QED) is 0.808. The Balaban J connectivity index is 0.00000300. The van der Waals surface area contributed by atoms with Crippen molar-refractivity contribution in [1.29, 1.82) is 0 Å². The van der Waals surface area contributed by atoms with Crippen LogP contribution in [0.3, 0.4) is 0 Å². The van der Waals surface area contributed by atoms with E-state index in [-0.39, 0.29) is 35.6 Å². The minimum atomic E-state index is -0.0879. The molecule has 2 aromatic carbocycles. The molecule has 6 heteroatoms. The van der Waals surface area contributed by atoms with Crippen molar-refractivity contribution in [2.75, 3.05) is 33.2 Å². The highest BCUT2D eigenvalue weighted by Crippen LogP contribution is 2.25. The standard InChI is InChI=1S/C23H31N3O2.ClH/c1-23(2,15-24)16-25(3)21(27)18-11-13-26(14-12-18)22(28)20-10-6-8-17-7-4-5-9-19(17)20;/h4-10,18H,11-16,24H2,1-3H3;1H. The van der Waals surface area contributed by atoms with E-state index in [4.69, 9.17) is 5.73 Å². The third-order valence-corrected chi connectivity index (χ3v) is 5.75. The lowest BCUT2D eigenvalue weighted by atomic mass is 9.91. The maximum Gasteiger partial charge on any atom is 0.254 e. The lowest BCUT2D eigenvalue weighted by Gasteiger charge is -2.35. The fraction of sp³-hybridized carbons (Fsp3) is 0.478. The van der Waals surface area contributed by atoms with Gasteiger partial charge in [0, 0.05) is 38.2 Å². The van der Waals surface area contributed by atoms with Gasteiger partial charge in [-0.05, 0) is 41.6 Å². The molecule has 1 saturated heterocycles. The molecule has 2 N–H and O–H groups in total. The highest BCUT2D eigenvalue weighted by Gasteiger charge is 2.31. The Morgan fingerprint density at radius 1 is 1.10 bits per heavy atom. The number of piperidine rings is 1. The van der Waals surface area contributed by atoms with Crippen LogP contribution in [0.4, 0.5) is 0 Å². The van der Waals surface area contributed by atoms with Crippen LogP contribution >= 0.6 is 12.4 Å². The van der Waals surface area contributed by atoms with E-state index in [1.54, 1.807) is 4.90 Å². The Bertz CT molecular complexity index is 855. The smallest absolute Gasteiger partial charge is 0.254 e. The van der Waals surface area contributed by atoms with Gasteiger partial charge in [-0.25, -0.2) is 0 Å². The van der Waals surface area contributed by atoms with Gasteiger partial charge in [-0.2, -0.15) is 0 Å². The molecule has 3 rings (SSSR count). The summed E-state index contributed by atoms with van der Waals surface area (Å²) in [7, 11) is 1.85. The molecule has 0 saturated carbocycles. The van der Waals surface area contributed by atoms with E-state index in [9.17, 15) is 9.59 Å². The number of likely N-dealkylation sites (tertiary alicyclic amines) is 1. The van der Waals surface area contributed by atoms with Crippen LogP contribution in [0.2, 0.25) is 0 Å². The van der Waals surface area contributed by atoms with Crippen LogP contribution in [-0.2, 0) is 4.79 Å². The van der Waals surface area contributed by atoms with E-state index in [1.165, 1.54) is 0 Å². The van der Waals surface area contributed by atoms with E-state index >= 15 is 0 Å². The lowest BCUT2D eigenvalue weighted by Crippen LogP contribution is -2.46. The summed E-state index contributed by atoms with van der Waals surface area (Å²) in [5, 5.41) is 2.06. The molecule has 2 amide bonds. The number of fused-ring (bicyclic) bond motifs is 1. The average Bonchev–Trinajstić information content (AvgIpc) is 2.72. The number of hydrogen-bond acceptors (Lipinski definition) is 3. The van der Waals surface area contributed by atoms with Gasteiger partial charge in [0.2, 0.25) is 5.91 Å². The summed E-state index contributed by atoms with van der Waals surface area (Å²) in [6, 6.07) is 13.8. The summed E-state index contributed by atoms with van der Waals surface area (Å²) < 4.78 is 0. The Labute approximate surface area is 179 Å². The molecule has 1 heterocycles. The Morgan fingerprint density at radius 3 is 2.38 bits per heavy atom. The fourth-order valence-corrected chi connectivity index (χ4v) is 4.01. The third kappa shape index (κ3) is 5.28. The van der Waals surface area contributed by atoms with Crippen LogP contribution in [-0.4, -0.2) is 54.8 Å². The van der Waals surface area contributed by atoms with E-state index < -0.39 is 0 Å². The maximum atomic E-state index is 13.1. The first-order valence-corrected chi connectivity index (χ1v) is 10.0. The molecule has 1 fully saturated rings. The van der Waals surface area contributed by atoms with Crippen molar-refractivity contribution in [3.8, 4) is 0 Å². The Kier molecular flexibility index (Phi) is 7.66. The van der Waals surface area contributed by atoms with Gasteiger partial charge in [0.1, 0.15) is 0 Å². The second kappa shape index (κ2) is 9.59. The molecule has 5 nitrogen and oxygen atoms in total. The molecular weight excluding hydrogens is 386 g/mol. The molecule has 1 aliphatic heterocycles. The molecule has 0 unspecified atom stereocenters. The average molecular weight is 418 g/mol. The van der Waals surface area contributed by atoms with Crippen molar-refractivity contribution in [3.63, 3.8) is 0 Å². The molecule has 0 aliphatic carbocycles. The van der Waals surface area contributed by atoms with Crippen molar-refractivity contribution >= 4 is 35.0 Å². The van der Waals surface area contributed by atoms with Gasteiger partial charge in [-0.1, -0.05) is 50.2 Å². The summed E-state index contributed by atoms with van der Waals surface area (Å²) in [4.78, 5) is 29.6. The van der Waals surface area contributed by atoms with Gasteiger partial charge in [-0.3, -0.25) is 9.59 Å². The number of carbonyl (C=O) groups excluding carboxylic acids is 2. The molecular formula is C23H32ClN3O2. The SMILES string of the molecule is CN(CC(C)(C)CN)C(=O)C1CCN(C(=O)c2cccc3ccccc23)CC1.Cl. The normalized spacial score (nSPS) is 15.1. The molecule has 1 aliphatic rings. The molecule has 0 aromatic heterocycles. The zero-order chi connectivity index (χ0) is 20.3. The largest absolute Gasteiger partial charge is 0.345 e. The predicted molar refractivity (Wildman–Crippen MR) is 120 cm³/mol.